The van der Waals surface area contributed by atoms with Crippen molar-refractivity contribution in [1.82, 2.24) is 0 Å². The molecule has 0 radical (unpaired) electrons. The van der Waals surface area contributed by atoms with Crippen LogP contribution in [-0.2, 0) is 4.79 Å². The van der Waals surface area contributed by atoms with Gasteiger partial charge in [0.25, 0.3) is 0 Å². The lowest BCUT2D eigenvalue weighted by atomic mass is 10.1. The molecule has 0 saturated carbocycles. The van der Waals surface area contributed by atoms with Crippen molar-refractivity contribution in [3.8, 4) is 0 Å². The highest BCUT2D eigenvalue weighted by Gasteiger charge is 2.13. The second-order valence-electron chi connectivity index (χ2n) is 3.28. The minimum absolute atomic E-state index is 0.564. The zero-order valence-corrected chi connectivity index (χ0v) is 7.18. The molecule has 0 aliphatic heterocycles. The quantitative estimate of drug-likeness (QED) is 0.447. The molecule has 0 N–H and O–H groups in total. The van der Waals surface area contributed by atoms with Crippen LogP contribution in [0.4, 0.5) is 0 Å². The number of carbonyl (C=O) groups is 1. The summed E-state index contributed by atoms with van der Waals surface area (Å²) in [5, 5.41) is 0. The van der Waals surface area contributed by atoms with Crippen LogP contribution in [-0.4, -0.2) is 6.29 Å². The third-order valence-corrected chi connectivity index (χ3v) is 2.28. The molecule has 1 aliphatic rings. The van der Waals surface area contributed by atoms with E-state index in [-0.39, 0.29) is 0 Å². The largest absolute Gasteiger partial charge is 0.303 e. The number of aldehydes is 1. The van der Waals surface area contributed by atoms with Gasteiger partial charge in [-0.3, -0.25) is 0 Å². The zero-order chi connectivity index (χ0) is 8.10. The normalized spacial score (nSPS) is 23.4. The van der Waals surface area contributed by atoms with Crippen LogP contribution in [0.3, 0.4) is 0 Å². The summed E-state index contributed by atoms with van der Waals surface area (Å²) >= 11 is 0. The fourth-order valence-electron chi connectivity index (χ4n) is 1.71. The van der Waals surface area contributed by atoms with E-state index in [0.29, 0.717) is 5.92 Å². The summed E-state index contributed by atoms with van der Waals surface area (Å²) in [7, 11) is 0. The summed E-state index contributed by atoms with van der Waals surface area (Å²) in [6, 6.07) is 0. The summed E-state index contributed by atoms with van der Waals surface area (Å²) in [4.78, 5) is 10.2. The van der Waals surface area contributed by atoms with Crippen LogP contribution in [0.1, 0.15) is 39.0 Å². The minimum atomic E-state index is 0.564. The number of hydrogen-bond acceptors (Lipinski definition) is 1. The molecule has 1 nitrogen and oxygen atoms in total. The Morgan fingerprint density at radius 3 is 3.18 bits per heavy atom. The lowest BCUT2D eigenvalue weighted by molar-refractivity contribution is -0.108. The molecule has 0 fully saturated rings. The van der Waals surface area contributed by atoms with Crippen LogP contribution in [0.2, 0.25) is 0 Å². The summed E-state index contributed by atoms with van der Waals surface area (Å²) in [5.74, 6) is 0.564. The van der Waals surface area contributed by atoms with Crippen LogP contribution in [0.15, 0.2) is 11.6 Å². The molecule has 1 aliphatic carbocycles. The standard InChI is InChI=1S/C10H16O/c1-2-3-9-4-5-10(8-9)6-7-11/h7-8,10H,2-6H2,1H3. The van der Waals surface area contributed by atoms with Gasteiger partial charge in [0.15, 0.2) is 0 Å². The highest BCUT2D eigenvalue weighted by atomic mass is 16.1. The first-order valence-corrected chi connectivity index (χ1v) is 4.50. The Balaban J connectivity index is 2.34. The fraction of sp³-hybridized carbons (Fsp3) is 0.700. The molecule has 1 atom stereocenters. The Kier molecular flexibility index (Phi) is 3.34. The second-order valence-corrected chi connectivity index (χ2v) is 3.28. The lowest BCUT2D eigenvalue weighted by Crippen LogP contribution is -1.90. The van der Waals surface area contributed by atoms with Crippen LogP contribution >= 0.6 is 0 Å². The predicted octanol–water partition coefficient (Wildman–Crippen LogP) is 2.71. The van der Waals surface area contributed by atoms with Crippen LogP contribution in [0.25, 0.3) is 0 Å². The molecule has 0 heterocycles. The van der Waals surface area contributed by atoms with Gasteiger partial charge in [-0.2, -0.15) is 0 Å². The van der Waals surface area contributed by atoms with Crippen molar-refractivity contribution >= 4 is 6.29 Å². The van der Waals surface area contributed by atoms with Gasteiger partial charge in [0, 0.05) is 6.42 Å². The SMILES string of the molecule is CCCC1=CC(CC=O)CC1. The van der Waals surface area contributed by atoms with Gasteiger partial charge in [-0.1, -0.05) is 25.0 Å². The van der Waals surface area contributed by atoms with E-state index in [2.05, 4.69) is 13.0 Å². The van der Waals surface area contributed by atoms with Crippen molar-refractivity contribution in [2.24, 2.45) is 5.92 Å². The Morgan fingerprint density at radius 1 is 1.73 bits per heavy atom. The van der Waals surface area contributed by atoms with E-state index in [1.807, 2.05) is 0 Å². The lowest BCUT2D eigenvalue weighted by Gasteiger charge is -1.96. The maximum Gasteiger partial charge on any atom is 0.120 e. The van der Waals surface area contributed by atoms with Gasteiger partial charge in [-0.05, 0) is 25.2 Å². The summed E-state index contributed by atoms with van der Waals surface area (Å²) in [6.07, 6.45) is 8.97. The molecule has 0 bridgehead atoms. The van der Waals surface area contributed by atoms with E-state index >= 15 is 0 Å². The van der Waals surface area contributed by atoms with Crippen molar-refractivity contribution in [2.45, 2.75) is 39.0 Å². The molecule has 62 valence electrons. The zero-order valence-electron chi connectivity index (χ0n) is 7.18. The third kappa shape index (κ3) is 2.49. The number of carbonyl (C=O) groups excluding carboxylic acids is 1. The van der Waals surface area contributed by atoms with Crippen LogP contribution in [0.5, 0.6) is 0 Å². The van der Waals surface area contributed by atoms with Crippen molar-refractivity contribution in [3.05, 3.63) is 11.6 Å². The van der Waals surface area contributed by atoms with E-state index in [0.717, 1.165) is 12.7 Å². The van der Waals surface area contributed by atoms with Gasteiger partial charge >= 0.3 is 0 Å². The molecule has 0 aromatic carbocycles. The molecule has 1 heteroatoms. The molecule has 0 amide bonds. The van der Waals surface area contributed by atoms with Gasteiger partial charge in [-0.25, -0.2) is 0 Å². The molecule has 0 aromatic rings. The van der Waals surface area contributed by atoms with Gasteiger partial charge in [0.1, 0.15) is 6.29 Å². The van der Waals surface area contributed by atoms with Crippen molar-refractivity contribution in [2.75, 3.05) is 0 Å². The Hall–Kier alpha value is -0.590. The number of allylic oxidation sites excluding steroid dienone is 2. The molecule has 11 heavy (non-hydrogen) atoms. The van der Waals surface area contributed by atoms with Gasteiger partial charge in [-0.15, -0.1) is 0 Å². The maximum absolute atomic E-state index is 10.2. The molecule has 1 rings (SSSR count). The average molecular weight is 152 g/mol. The Labute approximate surface area is 68.5 Å². The van der Waals surface area contributed by atoms with Crippen LogP contribution in [0, 0.1) is 5.92 Å². The van der Waals surface area contributed by atoms with E-state index in [4.69, 9.17) is 0 Å². The first kappa shape index (κ1) is 8.51. The summed E-state index contributed by atoms with van der Waals surface area (Å²) < 4.78 is 0. The first-order valence-electron chi connectivity index (χ1n) is 4.50. The van der Waals surface area contributed by atoms with E-state index in [1.54, 1.807) is 5.57 Å². The smallest absolute Gasteiger partial charge is 0.120 e. The Bertz CT molecular complexity index is 158. The molecular weight excluding hydrogens is 136 g/mol. The molecule has 1 unspecified atom stereocenters. The maximum atomic E-state index is 10.2. The molecule has 0 spiro atoms. The van der Waals surface area contributed by atoms with Gasteiger partial charge in [0.2, 0.25) is 0 Å². The molecular formula is C10H16O. The highest BCUT2D eigenvalue weighted by molar-refractivity contribution is 5.50. The van der Waals surface area contributed by atoms with Crippen LogP contribution < -0.4 is 0 Å². The first-order chi connectivity index (χ1) is 5.36. The average Bonchev–Trinajstić information content (AvgIpc) is 2.38. The van der Waals surface area contributed by atoms with Crippen molar-refractivity contribution in [3.63, 3.8) is 0 Å². The van der Waals surface area contributed by atoms with Crippen molar-refractivity contribution < 1.29 is 4.79 Å². The van der Waals surface area contributed by atoms with E-state index in [9.17, 15) is 4.79 Å². The van der Waals surface area contributed by atoms with Gasteiger partial charge < -0.3 is 4.79 Å². The van der Waals surface area contributed by atoms with Gasteiger partial charge in [0.05, 0.1) is 0 Å². The number of rotatable bonds is 4. The van der Waals surface area contributed by atoms with E-state index in [1.165, 1.54) is 25.7 Å². The molecule has 0 aromatic heterocycles. The van der Waals surface area contributed by atoms with Crippen molar-refractivity contribution in [1.29, 1.82) is 0 Å². The predicted molar refractivity (Wildman–Crippen MR) is 46.4 cm³/mol. The Morgan fingerprint density at radius 2 is 2.55 bits per heavy atom. The summed E-state index contributed by atoms with van der Waals surface area (Å²) in [6.45, 7) is 2.20. The number of hydrogen-bond donors (Lipinski definition) is 0. The monoisotopic (exact) mass is 152 g/mol. The summed E-state index contributed by atoms with van der Waals surface area (Å²) in [5.41, 5.74) is 1.57. The second kappa shape index (κ2) is 4.32. The third-order valence-electron chi connectivity index (χ3n) is 2.28. The van der Waals surface area contributed by atoms with E-state index < -0.39 is 0 Å². The highest BCUT2D eigenvalue weighted by Crippen LogP contribution is 2.28. The fourth-order valence-corrected chi connectivity index (χ4v) is 1.71. The minimum Gasteiger partial charge on any atom is -0.303 e. The topological polar surface area (TPSA) is 17.1 Å². The molecule has 0 saturated heterocycles.